The Morgan fingerprint density at radius 1 is 0.968 bits per heavy atom. The molecule has 0 radical (unpaired) electrons. The number of ether oxygens (including phenoxy) is 1. The first-order valence-corrected chi connectivity index (χ1v) is 10.1. The molecule has 6 nitrogen and oxygen atoms in total. The highest BCUT2D eigenvalue weighted by molar-refractivity contribution is 6.02. The minimum Gasteiger partial charge on any atom is -0.451 e. The van der Waals surface area contributed by atoms with E-state index in [9.17, 15) is 14.4 Å². The zero-order chi connectivity index (χ0) is 22.5. The fraction of sp³-hybridized carbons (Fsp3) is 0.240. The molecule has 0 aliphatic rings. The molecule has 2 aromatic carbocycles. The summed E-state index contributed by atoms with van der Waals surface area (Å²) < 4.78 is 5.32. The van der Waals surface area contributed by atoms with Crippen molar-refractivity contribution in [2.75, 3.05) is 11.5 Å². The number of ketones is 1. The van der Waals surface area contributed by atoms with Gasteiger partial charge in [0.1, 0.15) is 5.69 Å². The van der Waals surface area contributed by atoms with Crippen molar-refractivity contribution in [1.29, 1.82) is 0 Å². The van der Waals surface area contributed by atoms with Gasteiger partial charge in [-0.3, -0.25) is 9.59 Å². The molecule has 31 heavy (non-hydrogen) atoms. The number of H-pyrrole nitrogens is 1. The number of Topliss-reactive ketones (excluding diaryl/α,β-unsaturated/α-hetero) is 1. The third-order valence-electron chi connectivity index (χ3n) is 5.12. The number of carbonyl (C=O) groups excluding carboxylic acids is 3. The summed E-state index contributed by atoms with van der Waals surface area (Å²) >= 11 is 0. The zero-order valence-electron chi connectivity index (χ0n) is 18.2. The predicted octanol–water partition coefficient (Wildman–Crippen LogP) is 4.53. The maximum Gasteiger partial charge on any atom is 0.355 e. The van der Waals surface area contributed by atoms with Gasteiger partial charge in [-0.05, 0) is 56.5 Å². The SMILES string of the molecule is CC(=O)c1c(C)[nH]c(C(=O)OCC(=O)N(Cc2ccccc2)c2cccc(C)c2)c1C. The normalized spacial score (nSPS) is 10.6. The van der Waals surface area contributed by atoms with Gasteiger partial charge < -0.3 is 14.6 Å². The first-order valence-electron chi connectivity index (χ1n) is 10.1. The molecule has 0 saturated carbocycles. The second kappa shape index (κ2) is 9.43. The van der Waals surface area contributed by atoms with E-state index in [0.717, 1.165) is 16.8 Å². The summed E-state index contributed by atoms with van der Waals surface area (Å²) in [5.74, 6) is -1.13. The summed E-state index contributed by atoms with van der Waals surface area (Å²) in [6, 6.07) is 17.2. The maximum absolute atomic E-state index is 13.0. The van der Waals surface area contributed by atoms with Crippen LogP contribution in [0.4, 0.5) is 5.69 Å². The molecule has 1 heterocycles. The fourth-order valence-corrected chi connectivity index (χ4v) is 3.64. The largest absolute Gasteiger partial charge is 0.451 e. The van der Waals surface area contributed by atoms with Gasteiger partial charge in [-0.2, -0.15) is 0 Å². The van der Waals surface area contributed by atoms with E-state index in [4.69, 9.17) is 4.74 Å². The average Bonchev–Trinajstić information content (AvgIpc) is 3.05. The van der Waals surface area contributed by atoms with Crippen LogP contribution in [0.5, 0.6) is 0 Å². The van der Waals surface area contributed by atoms with Crippen molar-refractivity contribution < 1.29 is 19.1 Å². The Kier molecular flexibility index (Phi) is 6.70. The van der Waals surface area contributed by atoms with Crippen LogP contribution in [0, 0.1) is 20.8 Å². The molecule has 0 aliphatic carbocycles. The number of amides is 1. The van der Waals surface area contributed by atoms with Gasteiger partial charge in [0.15, 0.2) is 12.4 Å². The van der Waals surface area contributed by atoms with Crippen LogP contribution in [0.2, 0.25) is 0 Å². The molecule has 160 valence electrons. The van der Waals surface area contributed by atoms with Crippen LogP contribution in [-0.2, 0) is 16.1 Å². The number of hydrogen-bond acceptors (Lipinski definition) is 4. The van der Waals surface area contributed by atoms with Crippen molar-refractivity contribution in [3.8, 4) is 0 Å². The lowest BCUT2D eigenvalue weighted by atomic mass is 10.1. The van der Waals surface area contributed by atoms with Gasteiger partial charge in [-0.1, -0.05) is 42.5 Å². The number of rotatable bonds is 7. The number of aryl methyl sites for hydroxylation is 2. The lowest BCUT2D eigenvalue weighted by Gasteiger charge is -2.23. The van der Waals surface area contributed by atoms with E-state index in [0.29, 0.717) is 23.4 Å². The first-order chi connectivity index (χ1) is 14.8. The molecule has 0 aliphatic heterocycles. The van der Waals surface area contributed by atoms with Crippen molar-refractivity contribution in [2.45, 2.75) is 34.2 Å². The highest BCUT2D eigenvalue weighted by atomic mass is 16.5. The Labute approximate surface area is 181 Å². The van der Waals surface area contributed by atoms with Crippen LogP contribution in [0.3, 0.4) is 0 Å². The second-order valence-corrected chi connectivity index (χ2v) is 7.56. The molecule has 0 saturated heterocycles. The van der Waals surface area contributed by atoms with Crippen LogP contribution in [-0.4, -0.2) is 29.3 Å². The van der Waals surface area contributed by atoms with E-state index < -0.39 is 12.6 Å². The van der Waals surface area contributed by atoms with Crippen LogP contribution < -0.4 is 4.90 Å². The van der Waals surface area contributed by atoms with Gasteiger partial charge in [0.25, 0.3) is 5.91 Å². The molecule has 0 spiro atoms. The van der Waals surface area contributed by atoms with Crippen molar-refractivity contribution in [2.24, 2.45) is 0 Å². The van der Waals surface area contributed by atoms with Gasteiger partial charge in [0.05, 0.1) is 6.54 Å². The van der Waals surface area contributed by atoms with Crippen molar-refractivity contribution in [1.82, 2.24) is 4.98 Å². The summed E-state index contributed by atoms with van der Waals surface area (Å²) in [4.78, 5) is 41.9. The molecular formula is C25H26N2O4. The number of carbonyl (C=O) groups is 3. The van der Waals surface area contributed by atoms with Crippen molar-refractivity contribution in [3.63, 3.8) is 0 Å². The first kappa shape index (κ1) is 22.0. The van der Waals surface area contributed by atoms with E-state index in [-0.39, 0.29) is 17.4 Å². The summed E-state index contributed by atoms with van der Waals surface area (Å²) in [5.41, 5.74) is 4.52. The smallest absolute Gasteiger partial charge is 0.355 e. The Bertz CT molecular complexity index is 1120. The molecule has 3 aromatic rings. The van der Waals surface area contributed by atoms with E-state index in [1.54, 1.807) is 18.7 Å². The summed E-state index contributed by atoms with van der Waals surface area (Å²) in [6.45, 7) is 6.77. The Balaban J connectivity index is 1.78. The van der Waals surface area contributed by atoms with E-state index in [2.05, 4.69) is 4.98 Å². The van der Waals surface area contributed by atoms with Crippen LogP contribution in [0.15, 0.2) is 54.6 Å². The minimum absolute atomic E-state index is 0.130. The van der Waals surface area contributed by atoms with Crippen LogP contribution in [0.25, 0.3) is 0 Å². The average molecular weight is 418 g/mol. The highest BCUT2D eigenvalue weighted by Gasteiger charge is 2.23. The molecule has 0 bridgehead atoms. The van der Waals surface area contributed by atoms with Gasteiger partial charge in [0.2, 0.25) is 0 Å². The number of nitrogens with one attached hydrogen (secondary N) is 1. The third kappa shape index (κ3) is 5.09. The quantitative estimate of drug-likeness (QED) is 0.451. The number of esters is 1. The summed E-state index contributed by atoms with van der Waals surface area (Å²) in [6.07, 6.45) is 0. The monoisotopic (exact) mass is 418 g/mol. The van der Waals surface area contributed by atoms with Gasteiger partial charge in [-0.25, -0.2) is 4.79 Å². The van der Waals surface area contributed by atoms with Crippen molar-refractivity contribution in [3.05, 3.63) is 88.2 Å². The molecule has 1 amide bonds. The molecule has 1 N–H and O–H groups in total. The van der Waals surface area contributed by atoms with Gasteiger partial charge >= 0.3 is 5.97 Å². The third-order valence-corrected chi connectivity index (χ3v) is 5.12. The maximum atomic E-state index is 13.0. The van der Waals surface area contributed by atoms with E-state index in [1.807, 2.05) is 61.5 Å². The zero-order valence-corrected chi connectivity index (χ0v) is 18.2. The molecule has 0 fully saturated rings. The topological polar surface area (TPSA) is 79.5 Å². The fourth-order valence-electron chi connectivity index (χ4n) is 3.64. The Morgan fingerprint density at radius 2 is 1.68 bits per heavy atom. The van der Waals surface area contributed by atoms with Crippen LogP contribution in [0.1, 0.15) is 50.2 Å². The Morgan fingerprint density at radius 3 is 2.29 bits per heavy atom. The number of aromatic amines is 1. The number of anilines is 1. The van der Waals surface area contributed by atoms with E-state index >= 15 is 0 Å². The second-order valence-electron chi connectivity index (χ2n) is 7.56. The molecular weight excluding hydrogens is 392 g/mol. The lowest BCUT2D eigenvalue weighted by molar-refractivity contribution is -0.121. The molecule has 1 aromatic heterocycles. The molecule has 3 rings (SSSR count). The summed E-state index contributed by atoms with van der Waals surface area (Å²) in [5, 5.41) is 0. The number of benzene rings is 2. The standard InChI is InChI=1S/C25H26N2O4/c1-16-9-8-12-21(13-16)27(14-20-10-6-5-7-11-20)22(29)15-31-25(30)24-17(2)23(19(4)28)18(3)26-24/h5-13,26H,14-15H2,1-4H3. The number of hydrogen-bond donors (Lipinski definition) is 1. The Hall–Kier alpha value is -3.67. The van der Waals surface area contributed by atoms with E-state index in [1.165, 1.54) is 6.92 Å². The lowest BCUT2D eigenvalue weighted by Crippen LogP contribution is -2.34. The molecule has 0 atom stereocenters. The van der Waals surface area contributed by atoms with Crippen molar-refractivity contribution >= 4 is 23.3 Å². The number of aromatic nitrogens is 1. The predicted molar refractivity (Wildman–Crippen MR) is 119 cm³/mol. The molecule has 6 heteroatoms. The van der Waals surface area contributed by atoms with Gasteiger partial charge in [0, 0.05) is 16.9 Å². The minimum atomic E-state index is -0.662. The van der Waals surface area contributed by atoms with Gasteiger partial charge in [-0.15, -0.1) is 0 Å². The number of nitrogens with zero attached hydrogens (tertiary/aromatic N) is 1. The molecule has 0 unspecified atom stereocenters. The highest BCUT2D eigenvalue weighted by Crippen LogP contribution is 2.21. The summed E-state index contributed by atoms with van der Waals surface area (Å²) in [7, 11) is 0. The van der Waals surface area contributed by atoms with Crippen LogP contribution >= 0.6 is 0 Å².